The third-order valence-electron chi connectivity index (χ3n) is 4.00. The lowest BCUT2D eigenvalue weighted by Crippen LogP contribution is -2.42. The normalized spacial score (nSPS) is 21.1. The first-order chi connectivity index (χ1) is 10.7. The summed E-state index contributed by atoms with van der Waals surface area (Å²) < 4.78 is 1.77. The fourth-order valence-electron chi connectivity index (χ4n) is 2.78. The molecule has 1 aliphatic rings. The van der Waals surface area contributed by atoms with Crippen LogP contribution in [0.25, 0.3) is 0 Å². The molecule has 1 aliphatic heterocycles. The van der Waals surface area contributed by atoms with E-state index < -0.39 is 0 Å². The molecule has 0 spiro atoms. The first-order valence-corrected chi connectivity index (χ1v) is 7.24. The molecule has 22 heavy (non-hydrogen) atoms. The Bertz CT molecular complexity index is 642. The summed E-state index contributed by atoms with van der Waals surface area (Å²) in [4.78, 5) is 22.8. The summed E-state index contributed by atoms with van der Waals surface area (Å²) in [7, 11) is 1.83. The van der Waals surface area contributed by atoms with E-state index in [4.69, 9.17) is 0 Å². The van der Waals surface area contributed by atoms with Gasteiger partial charge in [-0.15, -0.1) is 0 Å². The number of aliphatic hydroxyl groups is 1. The van der Waals surface area contributed by atoms with Gasteiger partial charge in [0.2, 0.25) is 5.95 Å². The van der Waals surface area contributed by atoms with Crippen molar-refractivity contribution < 1.29 is 9.90 Å². The summed E-state index contributed by atoms with van der Waals surface area (Å²) in [5, 5.41) is 12.6. The zero-order chi connectivity index (χ0) is 15.5. The average Bonchev–Trinajstić information content (AvgIpc) is 3.14. The van der Waals surface area contributed by atoms with Crippen molar-refractivity contribution in [1.29, 1.82) is 0 Å². The number of rotatable bonds is 4. The van der Waals surface area contributed by atoms with Crippen LogP contribution in [0.2, 0.25) is 0 Å². The number of hydrogen-bond acceptors (Lipinski definition) is 5. The van der Waals surface area contributed by atoms with Gasteiger partial charge in [0.25, 0.3) is 5.91 Å². The van der Waals surface area contributed by atoms with E-state index in [1.165, 1.54) is 0 Å². The minimum absolute atomic E-state index is 0.0153. The van der Waals surface area contributed by atoms with Crippen LogP contribution in [-0.4, -0.2) is 51.3 Å². The number of amides is 1. The zero-order valence-electron chi connectivity index (χ0n) is 12.4. The van der Waals surface area contributed by atoms with E-state index in [1.807, 2.05) is 24.2 Å². The molecule has 1 saturated heterocycles. The highest BCUT2D eigenvalue weighted by atomic mass is 16.3. The Morgan fingerprint density at radius 2 is 2.14 bits per heavy atom. The lowest BCUT2D eigenvalue weighted by atomic mass is 10.1. The number of nitrogens with zero attached hydrogens (tertiary/aromatic N) is 4. The standard InChI is InChI=1S/C15H19N5O2/c1-19-7-2-4-13(19)14(22)18-12-9-20(8-11(12)10-21)15-16-5-3-6-17-15/h2-7,11-12,21H,8-10H2,1H3,(H,18,22). The molecule has 2 aromatic rings. The molecule has 7 heteroatoms. The van der Waals surface area contributed by atoms with Gasteiger partial charge >= 0.3 is 0 Å². The van der Waals surface area contributed by atoms with Crippen molar-refractivity contribution in [1.82, 2.24) is 19.9 Å². The minimum Gasteiger partial charge on any atom is -0.396 e. The Morgan fingerprint density at radius 1 is 1.36 bits per heavy atom. The van der Waals surface area contributed by atoms with Gasteiger partial charge in [0.05, 0.1) is 6.04 Å². The topological polar surface area (TPSA) is 83.3 Å². The van der Waals surface area contributed by atoms with Gasteiger partial charge in [0, 0.05) is 51.3 Å². The average molecular weight is 301 g/mol. The van der Waals surface area contributed by atoms with Gasteiger partial charge in [-0.05, 0) is 18.2 Å². The van der Waals surface area contributed by atoms with Gasteiger partial charge in [-0.1, -0.05) is 0 Å². The van der Waals surface area contributed by atoms with Crippen LogP contribution in [0.3, 0.4) is 0 Å². The number of nitrogens with one attached hydrogen (secondary N) is 1. The summed E-state index contributed by atoms with van der Waals surface area (Å²) in [6.45, 7) is 1.23. The van der Waals surface area contributed by atoms with Gasteiger partial charge in [-0.25, -0.2) is 9.97 Å². The van der Waals surface area contributed by atoms with E-state index in [0.717, 1.165) is 0 Å². The molecule has 3 rings (SSSR count). The predicted octanol–water partition coefficient (Wildman–Crippen LogP) is 0.0422. The molecule has 1 amide bonds. The molecule has 0 saturated carbocycles. The summed E-state index contributed by atoms with van der Waals surface area (Å²) in [6.07, 6.45) is 5.20. The second-order valence-electron chi connectivity index (χ2n) is 5.48. The number of anilines is 1. The summed E-state index contributed by atoms with van der Waals surface area (Å²) in [5.41, 5.74) is 0.603. The SMILES string of the molecule is Cn1cccc1C(=O)NC1CN(c2ncccn2)CC1CO. The van der Waals surface area contributed by atoms with Gasteiger partial charge in [-0.2, -0.15) is 0 Å². The highest BCUT2D eigenvalue weighted by Gasteiger charge is 2.34. The van der Waals surface area contributed by atoms with Crippen LogP contribution in [0.4, 0.5) is 5.95 Å². The number of aryl methyl sites for hydroxylation is 1. The number of carbonyl (C=O) groups is 1. The summed E-state index contributed by atoms with van der Waals surface area (Å²) in [6, 6.07) is 5.24. The van der Waals surface area contributed by atoms with Gasteiger partial charge < -0.3 is 19.9 Å². The van der Waals surface area contributed by atoms with Crippen LogP contribution in [0, 0.1) is 5.92 Å². The quantitative estimate of drug-likeness (QED) is 0.833. The largest absolute Gasteiger partial charge is 0.396 e. The van der Waals surface area contributed by atoms with Crippen molar-refractivity contribution in [2.75, 3.05) is 24.6 Å². The van der Waals surface area contributed by atoms with Crippen molar-refractivity contribution >= 4 is 11.9 Å². The second kappa shape index (κ2) is 6.15. The molecule has 1 fully saturated rings. The van der Waals surface area contributed by atoms with Crippen molar-refractivity contribution in [3.63, 3.8) is 0 Å². The predicted molar refractivity (Wildman–Crippen MR) is 81.5 cm³/mol. The van der Waals surface area contributed by atoms with Crippen molar-refractivity contribution in [3.05, 3.63) is 42.5 Å². The van der Waals surface area contributed by atoms with Crippen LogP contribution < -0.4 is 10.2 Å². The third-order valence-corrected chi connectivity index (χ3v) is 4.00. The van der Waals surface area contributed by atoms with Gasteiger partial charge in [0.15, 0.2) is 0 Å². The highest BCUT2D eigenvalue weighted by molar-refractivity contribution is 5.93. The Morgan fingerprint density at radius 3 is 2.77 bits per heavy atom. The maximum atomic E-state index is 12.3. The minimum atomic E-state index is -0.133. The molecule has 0 radical (unpaired) electrons. The maximum absolute atomic E-state index is 12.3. The fraction of sp³-hybridized carbons (Fsp3) is 0.400. The van der Waals surface area contributed by atoms with E-state index in [1.54, 1.807) is 29.1 Å². The van der Waals surface area contributed by atoms with E-state index in [-0.39, 0.29) is 24.5 Å². The molecule has 2 N–H and O–H groups in total. The van der Waals surface area contributed by atoms with Crippen LogP contribution in [0.5, 0.6) is 0 Å². The van der Waals surface area contributed by atoms with E-state index in [9.17, 15) is 9.90 Å². The van der Waals surface area contributed by atoms with E-state index >= 15 is 0 Å². The van der Waals surface area contributed by atoms with Crippen LogP contribution in [-0.2, 0) is 7.05 Å². The zero-order valence-corrected chi connectivity index (χ0v) is 12.4. The Balaban J connectivity index is 1.71. The fourth-order valence-corrected chi connectivity index (χ4v) is 2.78. The lowest BCUT2D eigenvalue weighted by molar-refractivity contribution is 0.0913. The van der Waals surface area contributed by atoms with E-state index in [2.05, 4.69) is 15.3 Å². The molecule has 0 aromatic carbocycles. The number of aliphatic hydroxyl groups excluding tert-OH is 1. The molecule has 2 atom stereocenters. The van der Waals surface area contributed by atoms with Gasteiger partial charge in [-0.3, -0.25) is 4.79 Å². The highest BCUT2D eigenvalue weighted by Crippen LogP contribution is 2.21. The van der Waals surface area contributed by atoms with Crippen molar-refractivity contribution in [3.8, 4) is 0 Å². The Kier molecular flexibility index (Phi) is 4.06. The third kappa shape index (κ3) is 2.80. The Hall–Kier alpha value is -2.41. The molecule has 2 unspecified atom stereocenters. The first-order valence-electron chi connectivity index (χ1n) is 7.24. The molecule has 7 nitrogen and oxygen atoms in total. The van der Waals surface area contributed by atoms with Crippen LogP contribution >= 0.6 is 0 Å². The lowest BCUT2D eigenvalue weighted by Gasteiger charge is -2.18. The maximum Gasteiger partial charge on any atom is 0.268 e. The molecular weight excluding hydrogens is 282 g/mol. The monoisotopic (exact) mass is 301 g/mol. The summed E-state index contributed by atoms with van der Waals surface area (Å²) in [5.74, 6) is 0.455. The number of hydrogen-bond donors (Lipinski definition) is 2. The molecule has 0 bridgehead atoms. The van der Waals surface area contributed by atoms with Crippen LogP contribution in [0.15, 0.2) is 36.8 Å². The molecule has 0 aliphatic carbocycles. The Labute approximate surface area is 128 Å². The van der Waals surface area contributed by atoms with Gasteiger partial charge in [0.1, 0.15) is 5.69 Å². The molecular formula is C15H19N5O2. The van der Waals surface area contributed by atoms with E-state index in [0.29, 0.717) is 24.7 Å². The molecule has 116 valence electrons. The number of aromatic nitrogens is 3. The smallest absolute Gasteiger partial charge is 0.268 e. The molecule has 3 heterocycles. The van der Waals surface area contributed by atoms with Crippen molar-refractivity contribution in [2.24, 2.45) is 13.0 Å². The second-order valence-corrected chi connectivity index (χ2v) is 5.48. The summed E-state index contributed by atoms with van der Waals surface area (Å²) >= 11 is 0. The first kappa shape index (κ1) is 14.5. The number of carbonyl (C=O) groups excluding carboxylic acids is 1. The van der Waals surface area contributed by atoms with Crippen LogP contribution in [0.1, 0.15) is 10.5 Å². The van der Waals surface area contributed by atoms with Crippen molar-refractivity contribution in [2.45, 2.75) is 6.04 Å². The molecule has 2 aromatic heterocycles.